The zero-order valence-corrected chi connectivity index (χ0v) is 11.8. The van der Waals surface area contributed by atoms with Crippen LogP contribution in [0.4, 0.5) is 0 Å². The van der Waals surface area contributed by atoms with Crippen LogP contribution in [0.25, 0.3) is 0 Å². The molecule has 18 heavy (non-hydrogen) atoms. The van der Waals surface area contributed by atoms with Crippen LogP contribution in [0, 0.1) is 11.3 Å². The number of unbranched alkanes of at least 4 members (excludes halogenated alkanes) is 2. The number of aliphatic hydroxyl groups is 1. The van der Waals surface area contributed by atoms with E-state index >= 15 is 0 Å². The Labute approximate surface area is 111 Å². The summed E-state index contributed by atoms with van der Waals surface area (Å²) in [7, 11) is 0. The smallest absolute Gasteiger partial charge is 0.225 e. The molecule has 1 unspecified atom stereocenters. The van der Waals surface area contributed by atoms with E-state index in [1.165, 1.54) is 0 Å². The van der Waals surface area contributed by atoms with E-state index in [0.29, 0.717) is 5.92 Å². The van der Waals surface area contributed by atoms with Gasteiger partial charge in [0.25, 0.3) is 0 Å². The van der Waals surface area contributed by atoms with Gasteiger partial charge >= 0.3 is 0 Å². The molecule has 1 aliphatic heterocycles. The molecule has 106 valence electrons. The van der Waals surface area contributed by atoms with Gasteiger partial charge in [0.15, 0.2) is 0 Å². The van der Waals surface area contributed by atoms with Gasteiger partial charge in [-0.1, -0.05) is 13.8 Å². The van der Waals surface area contributed by atoms with Crippen molar-refractivity contribution in [1.82, 2.24) is 10.6 Å². The summed E-state index contributed by atoms with van der Waals surface area (Å²) in [6.45, 7) is 7.09. The van der Waals surface area contributed by atoms with Gasteiger partial charge in [-0.3, -0.25) is 4.79 Å². The number of hydrogen-bond acceptors (Lipinski definition) is 3. The Balaban J connectivity index is 2.29. The summed E-state index contributed by atoms with van der Waals surface area (Å²) in [5.41, 5.74) is -0.287. The van der Waals surface area contributed by atoms with Crippen molar-refractivity contribution in [2.24, 2.45) is 11.3 Å². The number of rotatable bonds is 7. The molecule has 1 amide bonds. The van der Waals surface area contributed by atoms with Crippen LogP contribution in [0.3, 0.4) is 0 Å². The zero-order chi connectivity index (χ0) is 13.4. The van der Waals surface area contributed by atoms with Gasteiger partial charge in [0.2, 0.25) is 5.91 Å². The maximum Gasteiger partial charge on any atom is 0.225 e. The minimum Gasteiger partial charge on any atom is -0.396 e. The topological polar surface area (TPSA) is 61.4 Å². The van der Waals surface area contributed by atoms with E-state index in [9.17, 15) is 4.79 Å². The maximum absolute atomic E-state index is 12.2. The molecule has 1 rings (SSSR count). The first-order valence-corrected chi connectivity index (χ1v) is 7.19. The van der Waals surface area contributed by atoms with Crippen molar-refractivity contribution < 1.29 is 9.90 Å². The summed E-state index contributed by atoms with van der Waals surface area (Å²) in [5.74, 6) is 0.601. The minimum absolute atomic E-state index is 0.167. The lowest BCUT2D eigenvalue weighted by Gasteiger charge is -2.36. The van der Waals surface area contributed by atoms with Crippen LogP contribution in [0.1, 0.15) is 46.0 Å². The average Bonchev–Trinajstić information content (AvgIpc) is 2.39. The van der Waals surface area contributed by atoms with Crippen molar-refractivity contribution >= 4 is 5.91 Å². The molecule has 1 fully saturated rings. The summed E-state index contributed by atoms with van der Waals surface area (Å²) in [5, 5.41) is 15.1. The molecule has 0 aliphatic carbocycles. The molecule has 0 aromatic heterocycles. The zero-order valence-electron chi connectivity index (χ0n) is 11.8. The number of amides is 1. The highest BCUT2D eigenvalue weighted by molar-refractivity contribution is 5.82. The number of aliphatic hydroxyl groups excluding tert-OH is 1. The van der Waals surface area contributed by atoms with Crippen LogP contribution in [-0.2, 0) is 4.79 Å². The molecule has 0 bridgehead atoms. The lowest BCUT2D eigenvalue weighted by molar-refractivity contribution is -0.132. The van der Waals surface area contributed by atoms with E-state index in [0.717, 1.165) is 51.7 Å². The molecule has 0 aromatic rings. The fourth-order valence-electron chi connectivity index (χ4n) is 2.50. The highest BCUT2D eigenvalue weighted by Gasteiger charge is 2.36. The van der Waals surface area contributed by atoms with Gasteiger partial charge in [0.1, 0.15) is 0 Å². The molecular weight excluding hydrogens is 228 g/mol. The van der Waals surface area contributed by atoms with Gasteiger partial charge < -0.3 is 15.7 Å². The molecule has 1 heterocycles. The van der Waals surface area contributed by atoms with Gasteiger partial charge in [-0.05, 0) is 51.1 Å². The third-order valence-corrected chi connectivity index (χ3v) is 4.02. The van der Waals surface area contributed by atoms with Crippen LogP contribution < -0.4 is 10.6 Å². The van der Waals surface area contributed by atoms with Gasteiger partial charge in [0, 0.05) is 18.6 Å². The molecule has 4 nitrogen and oxygen atoms in total. The Morgan fingerprint density at radius 3 is 2.78 bits per heavy atom. The first-order chi connectivity index (χ1) is 8.59. The van der Waals surface area contributed by atoms with Crippen molar-refractivity contribution in [1.29, 1.82) is 0 Å². The second kappa shape index (κ2) is 7.74. The van der Waals surface area contributed by atoms with E-state index in [1.54, 1.807) is 0 Å². The van der Waals surface area contributed by atoms with Gasteiger partial charge in [-0.25, -0.2) is 0 Å². The van der Waals surface area contributed by atoms with Gasteiger partial charge in [-0.15, -0.1) is 0 Å². The second-order valence-corrected chi connectivity index (χ2v) is 5.81. The molecule has 1 saturated heterocycles. The third-order valence-electron chi connectivity index (χ3n) is 4.02. The van der Waals surface area contributed by atoms with Crippen LogP contribution in [0.15, 0.2) is 0 Å². The lowest BCUT2D eigenvalue weighted by Crippen LogP contribution is -2.47. The average molecular weight is 256 g/mol. The first-order valence-electron chi connectivity index (χ1n) is 7.19. The van der Waals surface area contributed by atoms with E-state index in [2.05, 4.69) is 10.6 Å². The highest BCUT2D eigenvalue weighted by atomic mass is 16.2. The fourth-order valence-corrected chi connectivity index (χ4v) is 2.50. The molecule has 0 aromatic carbocycles. The Kier molecular flexibility index (Phi) is 6.65. The highest BCUT2D eigenvalue weighted by Crippen LogP contribution is 2.31. The van der Waals surface area contributed by atoms with Crippen molar-refractivity contribution in [3.05, 3.63) is 0 Å². The molecule has 0 radical (unpaired) electrons. The molecule has 0 saturated carbocycles. The van der Waals surface area contributed by atoms with Crippen molar-refractivity contribution in [3.8, 4) is 0 Å². The van der Waals surface area contributed by atoms with Crippen LogP contribution in [-0.4, -0.2) is 37.3 Å². The predicted molar refractivity (Wildman–Crippen MR) is 73.3 cm³/mol. The van der Waals surface area contributed by atoms with Crippen LogP contribution >= 0.6 is 0 Å². The van der Waals surface area contributed by atoms with Crippen molar-refractivity contribution in [2.45, 2.75) is 46.0 Å². The van der Waals surface area contributed by atoms with Crippen molar-refractivity contribution in [2.75, 3.05) is 26.2 Å². The fraction of sp³-hybridized carbons (Fsp3) is 0.929. The summed E-state index contributed by atoms with van der Waals surface area (Å²) in [6.07, 6.45) is 5.05. The standard InChI is InChI=1S/C14H28N2O2/c1-14(2,12-7-6-8-15-11-12)13(18)16-9-4-3-5-10-17/h12,15,17H,3-11H2,1-2H3,(H,16,18). The van der Waals surface area contributed by atoms with Crippen molar-refractivity contribution in [3.63, 3.8) is 0 Å². The number of hydrogen-bond donors (Lipinski definition) is 3. The number of carbonyl (C=O) groups excluding carboxylic acids is 1. The molecule has 1 atom stereocenters. The first kappa shape index (κ1) is 15.4. The third kappa shape index (κ3) is 4.58. The van der Waals surface area contributed by atoms with E-state index in [1.807, 2.05) is 13.8 Å². The summed E-state index contributed by atoms with van der Waals surface area (Å²) in [4.78, 5) is 12.2. The van der Waals surface area contributed by atoms with E-state index < -0.39 is 0 Å². The Bertz CT molecular complexity index is 248. The lowest BCUT2D eigenvalue weighted by atomic mass is 9.74. The monoisotopic (exact) mass is 256 g/mol. The summed E-state index contributed by atoms with van der Waals surface area (Å²) in [6, 6.07) is 0. The van der Waals surface area contributed by atoms with Crippen LogP contribution in [0.2, 0.25) is 0 Å². The number of piperidine rings is 1. The Morgan fingerprint density at radius 2 is 2.17 bits per heavy atom. The number of nitrogens with one attached hydrogen (secondary N) is 2. The minimum atomic E-state index is -0.287. The molecular formula is C14H28N2O2. The largest absolute Gasteiger partial charge is 0.396 e. The predicted octanol–water partition coefficient (Wildman–Crippen LogP) is 1.29. The normalized spacial score (nSPS) is 20.7. The van der Waals surface area contributed by atoms with Crippen LogP contribution in [0.5, 0.6) is 0 Å². The van der Waals surface area contributed by atoms with E-state index in [-0.39, 0.29) is 17.9 Å². The SMILES string of the molecule is CC(C)(C(=O)NCCCCCO)C1CCCNC1. The molecule has 3 N–H and O–H groups in total. The Morgan fingerprint density at radius 1 is 1.39 bits per heavy atom. The molecule has 1 aliphatic rings. The van der Waals surface area contributed by atoms with Gasteiger partial charge in [0.05, 0.1) is 0 Å². The molecule has 4 heteroatoms. The van der Waals surface area contributed by atoms with Gasteiger partial charge in [-0.2, -0.15) is 0 Å². The van der Waals surface area contributed by atoms with E-state index in [4.69, 9.17) is 5.11 Å². The Hall–Kier alpha value is -0.610. The summed E-state index contributed by atoms with van der Waals surface area (Å²) >= 11 is 0. The maximum atomic E-state index is 12.2. The number of carbonyl (C=O) groups is 1. The summed E-state index contributed by atoms with van der Waals surface area (Å²) < 4.78 is 0. The molecule has 0 spiro atoms. The second-order valence-electron chi connectivity index (χ2n) is 5.81. The quantitative estimate of drug-likeness (QED) is 0.602.